The van der Waals surface area contributed by atoms with Crippen molar-refractivity contribution in [3.05, 3.63) is 75.6 Å². The number of hydrogen-bond acceptors (Lipinski definition) is 5. The first-order valence-electron chi connectivity index (χ1n) is 9.65. The van der Waals surface area contributed by atoms with Crippen LogP contribution in [0.15, 0.2) is 63.8 Å². The molecule has 1 aliphatic heterocycles. The summed E-state index contributed by atoms with van der Waals surface area (Å²) in [5, 5.41) is 4.72. The maximum atomic E-state index is 12.7. The quantitative estimate of drug-likeness (QED) is 0.652. The lowest BCUT2D eigenvalue weighted by Gasteiger charge is -2.35. The average Bonchev–Trinajstić information content (AvgIpc) is 2.74. The molecule has 7 heteroatoms. The Morgan fingerprint density at radius 2 is 1.76 bits per heavy atom. The molecule has 1 aromatic heterocycles. The lowest BCUT2D eigenvalue weighted by atomic mass is 10.2. The molecule has 6 nitrogen and oxygen atoms in total. The topological polar surface area (TPSA) is 65.8 Å². The van der Waals surface area contributed by atoms with Crippen LogP contribution in [-0.4, -0.2) is 55.0 Å². The fourth-order valence-electron chi connectivity index (χ4n) is 3.59. The predicted molar refractivity (Wildman–Crippen MR) is 115 cm³/mol. The van der Waals surface area contributed by atoms with Gasteiger partial charge in [-0.3, -0.25) is 9.69 Å². The fraction of sp³-hybridized carbons (Fsp3) is 0.273. The summed E-state index contributed by atoms with van der Waals surface area (Å²) in [4.78, 5) is 28.6. The van der Waals surface area contributed by atoms with Gasteiger partial charge in [0.25, 0.3) is 5.91 Å². The van der Waals surface area contributed by atoms with Crippen LogP contribution in [0.2, 0.25) is 5.02 Å². The minimum absolute atomic E-state index is 0.0177. The van der Waals surface area contributed by atoms with E-state index < -0.39 is 0 Å². The van der Waals surface area contributed by atoms with Crippen LogP contribution in [0.4, 0.5) is 5.69 Å². The molecule has 1 N–H and O–H groups in total. The zero-order valence-electron chi connectivity index (χ0n) is 15.9. The first kappa shape index (κ1) is 19.5. The van der Waals surface area contributed by atoms with Crippen molar-refractivity contribution < 1.29 is 9.21 Å². The van der Waals surface area contributed by atoms with Gasteiger partial charge in [0.1, 0.15) is 5.58 Å². The van der Waals surface area contributed by atoms with Crippen LogP contribution >= 0.6 is 11.6 Å². The summed E-state index contributed by atoms with van der Waals surface area (Å²) < 4.78 is 5.22. The highest BCUT2D eigenvalue weighted by Crippen LogP contribution is 2.21. The molecule has 2 aromatic carbocycles. The minimum Gasteiger partial charge on any atom is -0.423 e. The second-order valence-corrected chi connectivity index (χ2v) is 7.42. The van der Waals surface area contributed by atoms with E-state index in [2.05, 4.69) is 10.2 Å². The molecular weight excluding hydrogens is 390 g/mol. The Bertz CT molecular complexity index is 1070. The van der Waals surface area contributed by atoms with Crippen LogP contribution in [-0.2, 0) is 0 Å². The molecule has 3 aromatic rings. The van der Waals surface area contributed by atoms with Crippen LogP contribution in [0.25, 0.3) is 11.0 Å². The number of halogens is 1. The molecule has 0 spiro atoms. The lowest BCUT2D eigenvalue weighted by molar-refractivity contribution is 0.0642. The van der Waals surface area contributed by atoms with Crippen LogP contribution in [0.3, 0.4) is 0 Å². The summed E-state index contributed by atoms with van der Waals surface area (Å²) in [5.41, 5.74) is 1.55. The third-order valence-corrected chi connectivity index (χ3v) is 5.49. The summed E-state index contributed by atoms with van der Waals surface area (Å²) in [6.07, 6.45) is 0. The fourth-order valence-corrected chi connectivity index (χ4v) is 3.80. The molecule has 0 aliphatic carbocycles. The number of rotatable bonds is 5. The molecule has 0 radical (unpaired) electrons. The van der Waals surface area contributed by atoms with E-state index in [1.54, 1.807) is 18.2 Å². The average molecular weight is 412 g/mol. The van der Waals surface area contributed by atoms with E-state index in [0.29, 0.717) is 35.8 Å². The van der Waals surface area contributed by atoms with Crippen molar-refractivity contribution in [2.75, 3.05) is 44.6 Å². The number of nitrogens with zero attached hydrogens (tertiary/aromatic N) is 2. The van der Waals surface area contributed by atoms with Crippen molar-refractivity contribution >= 4 is 34.2 Å². The van der Waals surface area contributed by atoms with E-state index in [0.717, 1.165) is 30.7 Å². The smallest absolute Gasteiger partial charge is 0.338 e. The Balaban J connectivity index is 1.30. The third kappa shape index (κ3) is 4.44. The molecule has 1 amide bonds. The maximum Gasteiger partial charge on any atom is 0.338 e. The molecule has 0 unspecified atom stereocenters. The van der Waals surface area contributed by atoms with Crippen LogP contribution < -0.4 is 10.9 Å². The number of para-hydroxylation sites is 1. The minimum atomic E-state index is -0.363. The van der Waals surface area contributed by atoms with E-state index in [1.165, 1.54) is 6.07 Å². The number of carbonyl (C=O) groups excluding carboxylic acids is 1. The van der Waals surface area contributed by atoms with Crippen LogP contribution in [0.5, 0.6) is 0 Å². The van der Waals surface area contributed by atoms with Crippen molar-refractivity contribution in [3.63, 3.8) is 0 Å². The van der Waals surface area contributed by atoms with Gasteiger partial charge in [0, 0.05) is 50.7 Å². The van der Waals surface area contributed by atoms with Gasteiger partial charge in [0.15, 0.2) is 0 Å². The number of nitrogens with one attached hydrogen (secondary N) is 1. The summed E-state index contributed by atoms with van der Waals surface area (Å²) >= 11 is 6.15. The van der Waals surface area contributed by atoms with Crippen molar-refractivity contribution in [3.8, 4) is 0 Å². The van der Waals surface area contributed by atoms with Gasteiger partial charge in [-0.25, -0.2) is 4.79 Å². The molecule has 29 heavy (non-hydrogen) atoms. The van der Waals surface area contributed by atoms with E-state index in [4.69, 9.17) is 16.0 Å². The Kier molecular flexibility index (Phi) is 5.83. The molecule has 2 heterocycles. The number of amides is 1. The monoisotopic (exact) mass is 411 g/mol. The molecule has 0 bridgehead atoms. The number of hydrogen-bond donors (Lipinski definition) is 1. The molecule has 1 aliphatic rings. The van der Waals surface area contributed by atoms with Crippen molar-refractivity contribution in [1.29, 1.82) is 0 Å². The normalized spacial score (nSPS) is 14.9. The number of fused-ring (bicyclic) bond motifs is 1. The molecule has 150 valence electrons. The van der Waals surface area contributed by atoms with Gasteiger partial charge >= 0.3 is 5.63 Å². The Labute approximate surface area is 173 Å². The first-order chi connectivity index (χ1) is 14.1. The van der Waals surface area contributed by atoms with E-state index in [1.807, 2.05) is 35.2 Å². The van der Waals surface area contributed by atoms with Gasteiger partial charge in [0.05, 0.1) is 16.3 Å². The van der Waals surface area contributed by atoms with Gasteiger partial charge in [-0.1, -0.05) is 35.9 Å². The van der Waals surface area contributed by atoms with E-state index in [9.17, 15) is 9.59 Å². The Hall–Kier alpha value is -2.83. The second kappa shape index (κ2) is 8.68. The molecule has 0 saturated carbocycles. The highest BCUT2D eigenvalue weighted by molar-refractivity contribution is 6.33. The molecule has 4 rings (SSSR count). The lowest BCUT2D eigenvalue weighted by Crippen LogP contribution is -2.49. The molecule has 1 fully saturated rings. The number of piperazine rings is 1. The van der Waals surface area contributed by atoms with Crippen molar-refractivity contribution in [2.45, 2.75) is 0 Å². The zero-order valence-corrected chi connectivity index (χ0v) is 16.7. The number of carbonyl (C=O) groups is 1. The first-order valence-corrected chi connectivity index (χ1v) is 10.0. The third-order valence-electron chi connectivity index (χ3n) is 5.16. The number of benzene rings is 2. The second-order valence-electron chi connectivity index (χ2n) is 7.02. The van der Waals surface area contributed by atoms with Gasteiger partial charge in [-0.05, 0) is 24.3 Å². The Morgan fingerprint density at radius 1 is 1.03 bits per heavy atom. The van der Waals surface area contributed by atoms with Gasteiger partial charge < -0.3 is 14.6 Å². The van der Waals surface area contributed by atoms with Crippen molar-refractivity contribution in [1.82, 2.24) is 9.80 Å². The predicted octanol–water partition coefficient (Wildman–Crippen LogP) is 3.32. The molecular formula is C22H22ClN3O3. The van der Waals surface area contributed by atoms with Gasteiger partial charge in [-0.15, -0.1) is 0 Å². The summed E-state index contributed by atoms with van der Waals surface area (Å²) in [6.45, 7) is 4.46. The summed E-state index contributed by atoms with van der Waals surface area (Å²) in [5.74, 6) is -0.0177. The molecule has 1 saturated heterocycles. The maximum absolute atomic E-state index is 12.7. The standard InChI is InChI=1S/C22H22ClN3O3/c23-18-7-3-1-5-16(18)22(28)26-13-11-25(12-14-26)10-9-24-19-15-21(27)29-20-8-4-2-6-17(19)20/h1-8,15,24H,9-14H2. The van der Waals surface area contributed by atoms with Crippen LogP contribution in [0, 0.1) is 0 Å². The largest absolute Gasteiger partial charge is 0.423 e. The van der Waals surface area contributed by atoms with Crippen LogP contribution in [0.1, 0.15) is 10.4 Å². The Morgan fingerprint density at radius 3 is 2.55 bits per heavy atom. The summed E-state index contributed by atoms with van der Waals surface area (Å²) in [6, 6.07) is 16.1. The number of anilines is 1. The van der Waals surface area contributed by atoms with Crippen molar-refractivity contribution in [2.24, 2.45) is 0 Å². The zero-order chi connectivity index (χ0) is 20.2. The highest BCUT2D eigenvalue weighted by Gasteiger charge is 2.23. The van der Waals surface area contributed by atoms with E-state index in [-0.39, 0.29) is 11.5 Å². The van der Waals surface area contributed by atoms with E-state index >= 15 is 0 Å². The SMILES string of the molecule is O=C(c1ccccc1Cl)N1CCN(CCNc2cc(=O)oc3ccccc23)CC1. The van der Waals surface area contributed by atoms with Gasteiger partial charge in [-0.2, -0.15) is 0 Å². The highest BCUT2D eigenvalue weighted by atomic mass is 35.5. The summed E-state index contributed by atoms with van der Waals surface area (Å²) in [7, 11) is 0. The van der Waals surface area contributed by atoms with Gasteiger partial charge in [0.2, 0.25) is 0 Å². The molecule has 0 atom stereocenters.